The fourth-order valence-electron chi connectivity index (χ4n) is 0.275. The highest BCUT2D eigenvalue weighted by Gasteiger charge is 2.61. The van der Waals surface area contributed by atoms with Crippen molar-refractivity contribution >= 4 is 10.1 Å². The smallest absolute Gasteiger partial charge is 0.398 e. The second-order valence-electron chi connectivity index (χ2n) is 1.83. The summed E-state index contributed by atoms with van der Waals surface area (Å²) in [5, 5.41) is 1.88. The summed E-state index contributed by atoms with van der Waals surface area (Å²) >= 11 is 0. The molecule has 1 N–H and O–H groups in total. The molecule has 0 bridgehead atoms. The molecule has 0 aliphatic carbocycles. The lowest BCUT2D eigenvalue weighted by Crippen LogP contribution is -2.49. The monoisotopic (exact) mass is 211 g/mol. The molecule has 0 radical (unpaired) electrons. The zero-order valence-electron chi connectivity index (χ0n) is 5.30. The van der Waals surface area contributed by atoms with Crippen molar-refractivity contribution in [1.29, 1.82) is 0 Å². The highest BCUT2D eigenvalue weighted by molar-refractivity contribution is 7.86. The van der Waals surface area contributed by atoms with Crippen molar-refractivity contribution in [2.75, 3.05) is 6.61 Å². The van der Waals surface area contributed by atoms with E-state index in [0.29, 0.717) is 0 Å². The molecule has 0 fully saturated rings. The van der Waals surface area contributed by atoms with Crippen LogP contribution in [0.3, 0.4) is 0 Å². The number of halogens is 4. The molecule has 0 spiro atoms. The van der Waals surface area contributed by atoms with Crippen LogP contribution >= 0.6 is 0 Å². The van der Waals surface area contributed by atoms with Crippen molar-refractivity contribution in [2.24, 2.45) is 0 Å². The first-order valence-corrected chi connectivity index (χ1v) is 3.79. The number of hydrogen-bond donors (Lipinski definition) is 1. The second-order valence-corrected chi connectivity index (χ2v) is 3.25. The van der Waals surface area contributed by atoms with Crippen LogP contribution in [0.4, 0.5) is 17.6 Å². The number of aliphatic hydroxyl groups excluding tert-OH is 1. The maximum absolute atomic E-state index is 11.9. The highest BCUT2D eigenvalue weighted by Crippen LogP contribution is 2.37. The van der Waals surface area contributed by atoms with Crippen LogP contribution < -0.4 is 0 Å². The minimum absolute atomic E-state index is 2.42. The van der Waals surface area contributed by atoms with E-state index in [4.69, 9.17) is 5.11 Å². The maximum Gasteiger partial charge on any atom is 0.398 e. The second kappa shape index (κ2) is 2.82. The van der Waals surface area contributed by atoms with Crippen LogP contribution in [0.5, 0.6) is 0 Å². The maximum atomic E-state index is 11.9. The molecule has 0 saturated heterocycles. The van der Waals surface area contributed by atoms with Gasteiger partial charge < -0.3 is 9.66 Å². The van der Waals surface area contributed by atoms with Gasteiger partial charge in [-0.25, -0.2) is 8.42 Å². The minimum Gasteiger partial charge on any atom is -0.743 e. The molecule has 0 unspecified atom stereocenters. The van der Waals surface area contributed by atoms with Crippen molar-refractivity contribution in [1.82, 2.24) is 0 Å². The van der Waals surface area contributed by atoms with E-state index in [-0.39, 0.29) is 0 Å². The van der Waals surface area contributed by atoms with E-state index in [1.54, 1.807) is 0 Å². The Morgan fingerprint density at radius 2 is 1.58 bits per heavy atom. The quantitative estimate of drug-likeness (QED) is 0.515. The Labute approximate surface area is 64.6 Å². The summed E-state index contributed by atoms with van der Waals surface area (Å²) in [6.07, 6.45) is 0. The van der Waals surface area contributed by atoms with Gasteiger partial charge in [-0.15, -0.1) is 0 Å². The van der Waals surface area contributed by atoms with E-state index >= 15 is 0 Å². The molecule has 0 rings (SSSR count). The Bertz CT molecular complexity index is 257. The van der Waals surface area contributed by atoms with Gasteiger partial charge in [-0.3, -0.25) is 0 Å². The lowest BCUT2D eigenvalue weighted by atomic mass is 10.4. The van der Waals surface area contributed by atoms with E-state index in [1.807, 2.05) is 0 Å². The van der Waals surface area contributed by atoms with Gasteiger partial charge in [-0.05, 0) is 0 Å². The zero-order chi connectivity index (χ0) is 10.2. The van der Waals surface area contributed by atoms with E-state index in [1.165, 1.54) is 0 Å². The molecule has 9 heteroatoms. The average Bonchev–Trinajstić information content (AvgIpc) is 1.85. The lowest BCUT2D eigenvalue weighted by molar-refractivity contribution is -0.181. The molecule has 0 aliphatic heterocycles. The number of aliphatic hydroxyl groups is 1. The van der Waals surface area contributed by atoms with Crippen LogP contribution in [-0.2, 0) is 10.1 Å². The van der Waals surface area contributed by atoms with Crippen LogP contribution in [0.25, 0.3) is 0 Å². The van der Waals surface area contributed by atoms with Gasteiger partial charge in [0.25, 0.3) is 0 Å². The van der Waals surface area contributed by atoms with E-state index in [9.17, 15) is 30.5 Å². The molecule has 0 aromatic carbocycles. The molecular weight excluding hydrogens is 208 g/mol. The number of rotatable bonds is 3. The third-order valence-corrected chi connectivity index (χ3v) is 1.86. The van der Waals surface area contributed by atoms with Crippen molar-refractivity contribution in [2.45, 2.75) is 11.2 Å². The van der Waals surface area contributed by atoms with Crippen molar-refractivity contribution in [3.63, 3.8) is 0 Å². The zero-order valence-corrected chi connectivity index (χ0v) is 6.12. The summed E-state index contributed by atoms with van der Waals surface area (Å²) in [5.74, 6) is -5.26. The van der Waals surface area contributed by atoms with E-state index < -0.39 is 27.9 Å². The van der Waals surface area contributed by atoms with Crippen LogP contribution in [0.15, 0.2) is 0 Å². The van der Waals surface area contributed by atoms with Crippen LogP contribution in [-0.4, -0.2) is 35.9 Å². The first-order valence-electron chi connectivity index (χ1n) is 2.38. The van der Waals surface area contributed by atoms with Gasteiger partial charge in [0.1, 0.15) is 6.61 Å². The predicted octanol–water partition coefficient (Wildman–Crippen LogP) is -0.248. The molecule has 4 nitrogen and oxygen atoms in total. The summed E-state index contributed by atoms with van der Waals surface area (Å²) in [6.45, 7) is -2.42. The Hall–Kier alpha value is -0.410. The molecule has 0 aromatic rings. The summed E-state index contributed by atoms with van der Waals surface area (Å²) in [4.78, 5) is 0. The summed E-state index contributed by atoms with van der Waals surface area (Å²) < 4.78 is 76.2. The van der Waals surface area contributed by atoms with Gasteiger partial charge in [-0.2, -0.15) is 17.6 Å². The highest BCUT2D eigenvalue weighted by atomic mass is 32.2. The molecule has 0 atom stereocenters. The first kappa shape index (κ1) is 11.6. The van der Waals surface area contributed by atoms with E-state index in [2.05, 4.69) is 0 Å². The summed E-state index contributed by atoms with van der Waals surface area (Å²) in [6, 6.07) is 0. The normalized spacial score (nSPS) is 14.8. The standard InChI is InChI=1S/C3H4F4O4S/c4-2(5,1-8)3(6,7)12(9,10)11/h8H,1H2,(H,9,10,11)/p-1. The summed E-state index contributed by atoms with van der Waals surface area (Å²) in [5.41, 5.74) is 0. The molecule has 74 valence electrons. The lowest BCUT2D eigenvalue weighted by Gasteiger charge is -2.26. The van der Waals surface area contributed by atoms with E-state index in [0.717, 1.165) is 0 Å². The van der Waals surface area contributed by atoms with Crippen molar-refractivity contribution < 1.29 is 35.6 Å². The third-order valence-electron chi connectivity index (χ3n) is 0.938. The molecule has 12 heavy (non-hydrogen) atoms. The van der Waals surface area contributed by atoms with Crippen LogP contribution in [0, 0.1) is 0 Å². The van der Waals surface area contributed by atoms with Gasteiger partial charge in [-0.1, -0.05) is 0 Å². The molecule has 0 aromatic heterocycles. The number of hydrogen-bond acceptors (Lipinski definition) is 4. The van der Waals surface area contributed by atoms with Crippen molar-refractivity contribution in [3.05, 3.63) is 0 Å². The molecule has 0 heterocycles. The fraction of sp³-hybridized carbons (Fsp3) is 1.00. The summed E-state index contributed by atoms with van der Waals surface area (Å²) in [7, 11) is -6.47. The Kier molecular flexibility index (Phi) is 2.72. The number of alkyl halides is 4. The van der Waals surface area contributed by atoms with Crippen molar-refractivity contribution in [3.8, 4) is 0 Å². The van der Waals surface area contributed by atoms with Crippen LogP contribution in [0.1, 0.15) is 0 Å². The average molecular weight is 211 g/mol. The van der Waals surface area contributed by atoms with Crippen LogP contribution in [0.2, 0.25) is 0 Å². The van der Waals surface area contributed by atoms with Gasteiger partial charge >= 0.3 is 11.2 Å². The minimum atomic E-state index is -6.47. The third kappa shape index (κ3) is 1.67. The predicted molar refractivity (Wildman–Crippen MR) is 26.7 cm³/mol. The Morgan fingerprint density at radius 1 is 1.25 bits per heavy atom. The Morgan fingerprint density at radius 3 is 1.67 bits per heavy atom. The van der Waals surface area contributed by atoms with Gasteiger partial charge in [0.15, 0.2) is 10.1 Å². The van der Waals surface area contributed by atoms with Gasteiger partial charge in [0.2, 0.25) is 0 Å². The fourth-order valence-corrected chi connectivity index (χ4v) is 0.705. The molecule has 0 saturated carbocycles. The molecule has 0 amide bonds. The molecule has 0 aliphatic rings. The largest absolute Gasteiger partial charge is 0.743 e. The first-order chi connectivity index (χ1) is 5.06. The SMILES string of the molecule is O=S(=O)([O-])C(F)(F)C(F)(F)CO. The van der Waals surface area contributed by atoms with Gasteiger partial charge in [0, 0.05) is 0 Å². The Balaban J connectivity index is 5.13. The van der Waals surface area contributed by atoms with Gasteiger partial charge in [0.05, 0.1) is 0 Å². The topological polar surface area (TPSA) is 77.4 Å². The molecular formula is C3H3F4O4S-.